The maximum atomic E-state index is 6.43. The molecule has 0 unspecified atom stereocenters. The molecule has 1 N–H and O–H groups in total. The minimum Gasteiger partial charge on any atom is -0.342 e. The Hall–Kier alpha value is -1.51. The van der Waals surface area contributed by atoms with Gasteiger partial charge < -0.3 is 10.2 Å². The Kier molecular flexibility index (Phi) is 5.66. The number of nitrogens with one attached hydrogen (secondary N) is 1. The summed E-state index contributed by atoms with van der Waals surface area (Å²) in [6.07, 6.45) is 0. The fourth-order valence-corrected chi connectivity index (χ4v) is 2.53. The molecule has 2 rings (SSSR count). The van der Waals surface area contributed by atoms with Crippen molar-refractivity contribution in [2.45, 2.75) is 33.4 Å². The summed E-state index contributed by atoms with van der Waals surface area (Å²) < 4.78 is 0. The third-order valence-electron chi connectivity index (χ3n) is 3.43. The van der Waals surface area contributed by atoms with Gasteiger partial charge in [0.15, 0.2) is 0 Å². The number of rotatable bonds is 6. The van der Waals surface area contributed by atoms with E-state index < -0.39 is 0 Å². The molecular formula is C18H23ClN2. The molecule has 0 atom stereocenters. The van der Waals surface area contributed by atoms with Gasteiger partial charge in [0.25, 0.3) is 0 Å². The van der Waals surface area contributed by atoms with E-state index in [4.69, 9.17) is 11.6 Å². The van der Waals surface area contributed by atoms with E-state index in [9.17, 15) is 0 Å². The zero-order valence-electron chi connectivity index (χ0n) is 12.9. The van der Waals surface area contributed by atoms with Gasteiger partial charge in [-0.05, 0) is 36.8 Å². The summed E-state index contributed by atoms with van der Waals surface area (Å²) >= 11 is 6.43. The number of anilines is 2. The summed E-state index contributed by atoms with van der Waals surface area (Å²) in [6, 6.07) is 17.1. The minimum absolute atomic E-state index is 0.456. The molecule has 0 aliphatic carbocycles. The SMILES string of the molecule is CCN(c1ccccc1)c1ccc(CNC(C)C)c(Cl)c1. The zero-order valence-corrected chi connectivity index (χ0v) is 13.7. The number of halogens is 1. The second-order valence-corrected chi connectivity index (χ2v) is 5.80. The lowest BCUT2D eigenvalue weighted by Crippen LogP contribution is -2.22. The van der Waals surface area contributed by atoms with Crippen molar-refractivity contribution in [1.82, 2.24) is 5.32 Å². The van der Waals surface area contributed by atoms with Gasteiger partial charge in [-0.25, -0.2) is 0 Å². The molecule has 0 bridgehead atoms. The Balaban J connectivity index is 2.22. The van der Waals surface area contributed by atoms with Gasteiger partial charge in [0, 0.05) is 35.5 Å². The molecule has 0 aliphatic heterocycles. The molecule has 0 aliphatic rings. The van der Waals surface area contributed by atoms with Crippen LogP contribution in [0.25, 0.3) is 0 Å². The maximum absolute atomic E-state index is 6.43. The first kappa shape index (κ1) is 15.9. The summed E-state index contributed by atoms with van der Waals surface area (Å²) in [7, 11) is 0. The van der Waals surface area contributed by atoms with Gasteiger partial charge in [0.2, 0.25) is 0 Å². The molecule has 3 heteroatoms. The monoisotopic (exact) mass is 302 g/mol. The highest BCUT2D eigenvalue weighted by molar-refractivity contribution is 6.31. The molecule has 0 radical (unpaired) electrons. The van der Waals surface area contributed by atoms with Gasteiger partial charge >= 0.3 is 0 Å². The van der Waals surface area contributed by atoms with Crippen LogP contribution in [0.1, 0.15) is 26.3 Å². The Labute approximate surface area is 132 Å². The summed E-state index contributed by atoms with van der Waals surface area (Å²) in [5.74, 6) is 0. The quantitative estimate of drug-likeness (QED) is 0.808. The number of benzene rings is 2. The van der Waals surface area contributed by atoms with Crippen LogP contribution in [0.2, 0.25) is 5.02 Å². The van der Waals surface area contributed by atoms with Crippen LogP contribution in [-0.2, 0) is 6.54 Å². The average Bonchev–Trinajstić information content (AvgIpc) is 2.48. The minimum atomic E-state index is 0.456. The van der Waals surface area contributed by atoms with Crippen molar-refractivity contribution in [3.05, 3.63) is 59.1 Å². The normalized spacial score (nSPS) is 10.9. The molecule has 0 heterocycles. The van der Waals surface area contributed by atoms with Crippen LogP contribution < -0.4 is 10.2 Å². The van der Waals surface area contributed by atoms with E-state index in [2.05, 4.69) is 73.5 Å². The van der Waals surface area contributed by atoms with E-state index in [0.717, 1.165) is 29.4 Å². The van der Waals surface area contributed by atoms with Crippen LogP contribution in [0.3, 0.4) is 0 Å². The lowest BCUT2D eigenvalue weighted by atomic mass is 10.1. The van der Waals surface area contributed by atoms with E-state index in [0.29, 0.717) is 6.04 Å². The molecule has 0 saturated heterocycles. The first-order valence-electron chi connectivity index (χ1n) is 7.46. The Morgan fingerprint density at radius 1 is 1.05 bits per heavy atom. The van der Waals surface area contributed by atoms with Crippen molar-refractivity contribution in [1.29, 1.82) is 0 Å². The fourth-order valence-electron chi connectivity index (χ4n) is 2.28. The molecule has 2 aromatic carbocycles. The fraction of sp³-hybridized carbons (Fsp3) is 0.333. The molecule has 21 heavy (non-hydrogen) atoms. The van der Waals surface area contributed by atoms with E-state index >= 15 is 0 Å². The van der Waals surface area contributed by atoms with Crippen LogP contribution in [0.5, 0.6) is 0 Å². The van der Waals surface area contributed by atoms with Gasteiger partial charge in [-0.3, -0.25) is 0 Å². The van der Waals surface area contributed by atoms with Gasteiger partial charge in [0.05, 0.1) is 0 Å². The number of para-hydroxylation sites is 1. The van der Waals surface area contributed by atoms with Gasteiger partial charge in [-0.2, -0.15) is 0 Å². The smallest absolute Gasteiger partial charge is 0.0471 e. The van der Waals surface area contributed by atoms with E-state index in [-0.39, 0.29) is 0 Å². The zero-order chi connectivity index (χ0) is 15.2. The summed E-state index contributed by atoms with van der Waals surface area (Å²) in [5.41, 5.74) is 3.45. The van der Waals surface area contributed by atoms with Crippen LogP contribution in [0, 0.1) is 0 Å². The van der Waals surface area contributed by atoms with Crippen LogP contribution in [0.4, 0.5) is 11.4 Å². The summed E-state index contributed by atoms with van der Waals surface area (Å²) in [4.78, 5) is 2.26. The Morgan fingerprint density at radius 2 is 1.76 bits per heavy atom. The maximum Gasteiger partial charge on any atom is 0.0471 e. The van der Waals surface area contributed by atoms with Gasteiger partial charge in [-0.15, -0.1) is 0 Å². The molecule has 0 spiro atoms. The van der Waals surface area contributed by atoms with Gasteiger partial charge in [-0.1, -0.05) is 49.7 Å². The second-order valence-electron chi connectivity index (χ2n) is 5.39. The standard InChI is InChI=1S/C18H23ClN2/c1-4-21(16-8-6-5-7-9-16)17-11-10-15(18(19)12-17)13-20-14(2)3/h5-12,14,20H,4,13H2,1-3H3. The van der Waals surface area contributed by atoms with E-state index in [1.807, 2.05) is 6.07 Å². The Morgan fingerprint density at radius 3 is 2.33 bits per heavy atom. The first-order chi connectivity index (χ1) is 10.1. The molecule has 0 amide bonds. The van der Waals surface area contributed by atoms with Crippen molar-refractivity contribution in [2.24, 2.45) is 0 Å². The summed E-state index contributed by atoms with van der Waals surface area (Å²) in [6.45, 7) is 8.13. The largest absolute Gasteiger partial charge is 0.342 e. The molecule has 112 valence electrons. The highest BCUT2D eigenvalue weighted by Crippen LogP contribution is 2.29. The van der Waals surface area contributed by atoms with Crippen molar-refractivity contribution in [3.8, 4) is 0 Å². The van der Waals surface area contributed by atoms with Crippen LogP contribution in [0.15, 0.2) is 48.5 Å². The van der Waals surface area contributed by atoms with Gasteiger partial charge in [0.1, 0.15) is 0 Å². The predicted octanol–water partition coefficient (Wildman–Crippen LogP) is 5.00. The molecule has 2 nitrogen and oxygen atoms in total. The lowest BCUT2D eigenvalue weighted by molar-refractivity contribution is 0.589. The molecule has 2 aromatic rings. The number of hydrogen-bond acceptors (Lipinski definition) is 2. The third kappa shape index (κ3) is 4.23. The van der Waals surface area contributed by atoms with Crippen LogP contribution >= 0.6 is 11.6 Å². The van der Waals surface area contributed by atoms with Crippen LogP contribution in [-0.4, -0.2) is 12.6 Å². The highest BCUT2D eigenvalue weighted by atomic mass is 35.5. The lowest BCUT2D eigenvalue weighted by Gasteiger charge is -2.24. The molecule has 0 fully saturated rings. The van der Waals surface area contributed by atoms with Crippen molar-refractivity contribution >= 4 is 23.0 Å². The second kappa shape index (κ2) is 7.48. The topological polar surface area (TPSA) is 15.3 Å². The van der Waals surface area contributed by atoms with Crippen molar-refractivity contribution in [2.75, 3.05) is 11.4 Å². The third-order valence-corrected chi connectivity index (χ3v) is 3.79. The molecule has 0 saturated carbocycles. The first-order valence-corrected chi connectivity index (χ1v) is 7.84. The van der Waals surface area contributed by atoms with Crippen molar-refractivity contribution < 1.29 is 0 Å². The van der Waals surface area contributed by atoms with E-state index in [1.54, 1.807) is 0 Å². The molecular weight excluding hydrogens is 280 g/mol. The van der Waals surface area contributed by atoms with E-state index in [1.165, 1.54) is 5.69 Å². The highest BCUT2D eigenvalue weighted by Gasteiger charge is 2.09. The summed E-state index contributed by atoms with van der Waals surface area (Å²) in [5, 5.41) is 4.21. The van der Waals surface area contributed by atoms with Crippen molar-refractivity contribution in [3.63, 3.8) is 0 Å². The number of nitrogens with zero attached hydrogens (tertiary/aromatic N) is 1. The molecule has 0 aromatic heterocycles. The Bertz CT molecular complexity index is 567. The number of hydrogen-bond donors (Lipinski definition) is 1. The predicted molar refractivity (Wildman–Crippen MR) is 92.5 cm³/mol. The average molecular weight is 303 g/mol.